The van der Waals surface area contributed by atoms with Crippen molar-refractivity contribution in [3.05, 3.63) is 34.9 Å². The third-order valence-electron chi connectivity index (χ3n) is 4.91. The average molecular weight is 389 g/mol. The zero-order valence-electron chi connectivity index (χ0n) is 15.3. The van der Waals surface area contributed by atoms with Gasteiger partial charge in [0.15, 0.2) is 0 Å². The predicted molar refractivity (Wildman–Crippen MR) is 106 cm³/mol. The Morgan fingerprint density at radius 3 is 2.60 bits per heavy atom. The molecule has 1 atom stereocenters. The predicted octanol–water partition coefficient (Wildman–Crippen LogP) is 3.63. The van der Waals surface area contributed by atoms with Crippen LogP contribution in [0.1, 0.15) is 38.2 Å². The maximum Gasteiger partial charge on any atom is 0.227 e. The fraction of sp³-hybridized carbons (Fsp3) is 0.632. The molecule has 2 rings (SSSR count). The molecule has 1 saturated heterocycles. The van der Waals surface area contributed by atoms with Crippen LogP contribution in [0, 0.1) is 11.3 Å². The van der Waals surface area contributed by atoms with Gasteiger partial charge in [0.25, 0.3) is 0 Å². The second kappa shape index (κ2) is 10.4. The van der Waals surface area contributed by atoms with E-state index in [2.05, 4.69) is 24.5 Å². The number of hydrogen-bond donors (Lipinski definition) is 2. The number of benzene rings is 1. The Labute approximate surface area is 162 Å². The summed E-state index contributed by atoms with van der Waals surface area (Å²) in [7, 11) is 1.73. The molecule has 1 aromatic carbocycles. The van der Waals surface area contributed by atoms with Crippen LogP contribution in [-0.4, -0.2) is 39.3 Å². The molecule has 2 N–H and O–H groups in total. The van der Waals surface area contributed by atoms with Crippen molar-refractivity contribution < 1.29 is 9.53 Å². The number of amides is 1. The molecule has 1 aromatic rings. The van der Waals surface area contributed by atoms with Gasteiger partial charge in [0.2, 0.25) is 5.91 Å². The molecule has 6 heteroatoms. The SMILES string of the molecule is COCC1(CNC(=O)C(c2cccc(Cl)c2)C(C)C)CCNCC1.Cl. The van der Waals surface area contributed by atoms with Crippen LogP contribution >= 0.6 is 24.0 Å². The first kappa shape index (κ1) is 22.2. The maximum absolute atomic E-state index is 12.9. The van der Waals surface area contributed by atoms with Gasteiger partial charge in [0.1, 0.15) is 0 Å². The number of halogens is 2. The van der Waals surface area contributed by atoms with Crippen molar-refractivity contribution in [1.82, 2.24) is 10.6 Å². The Morgan fingerprint density at radius 2 is 2.04 bits per heavy atom. The summed E-state index contributed by atoms with van der Waals surface area (Å²) in [5.41, 5.74) is 1.01. The van der Waals surface area contributed by atoms with Gasteiger partial charge in [-0.1, -0.05) is 37.6 Å². The van der Waals surface area contributed by atoms with Crippen molar-refractivity contribution in [2.75, 3.05) is 33.4 Å². The lowest BCUT2D eigenvalue weighted by molar-refractivity contribution is -0.124. The van der Waals surface area contributed by atoms with E-state index in [9.17, 15) is 4.79 Å². The highest BCUT2D eigenvalue weighted by Gasteiger charge is 2.34. The highest BCUT2D eigenvalue weighted by molar-refractivity contribution is 6.30. The maximum atomic E-state index is 12.9. The van der Waals surface area contributed by atoms with Gasteiger partial charge in [-0.25, -0.2) is 0 Å². The molecule has 0 aromatic heterocycles. The summed E-state index contributed by atoms with van der Waals surface area (Å²) in [4.78, 5) is 12.9. The van der Waals surface area contributed by atoms with Crippen LogP contribution in [0.4, 0.5) is 0 Å². The first-order chi connectivity index (χ1) is 11.5. The summed E-state index contributed by atoms with van der Waals surface area (Å²) >= 11 is 6.11. The van der Waals surface area contributed by atoms with E-state index >= 15 is 0 Å². The quantitative estimate of drug-likeness (QED) is 0.749. The largest absolute Gasteiger partial charge is 0.384 e. The molecule has 1 fully saturated rings. The van der Waals surface area contributed by atoms with Crippen LogP contribution in [0.5, 0.6) is 0 Å². The Balaban J connectivity index is 0.00000312. The summed E-state index contributed by atoms with van der Waals surface area (Å²) in [5.74, 6) is 0.0844. The van der Waals surface area contributed by atoms with E-state index in [1.165, 1.54) is 0 Å². The van der Waals surface area contributed by atoms with E-state index in [0.717, 1.165) is 31.5 Å². The summed E-state index contributed by atoms with van der Waals surface area (Å²) in [5, 5.41) is 7.23. The molecule has 0 bridgehead atoms. The van der Waals surface area contributed by atoms with Crippen molar-refractivity contribution in [1.29, 1.82) is 0 Å². The first-order valence-corrected chi connectivity index (χ1v) is 9.08. The normalized spacial score (nSPS) is 17.6. The molecule has 1 amide bonds. The van der Waals surface area contributed by atoms with E-state index in [1.807, 2.05) is 24.3 Å². The van der Waals surface area contributed by atoms with E-state index in [-0.39, 0.29) is 35.6 Å². The van der Waals surface area contributed by atoms with Gasteiger partial charge >= 0.3 is 0 Å². The second-order valence-corrected chi connectivity index (χ2v) is 7.61. The number of hydrogen-bond acceptors (Lipinski definition) is 3. The summed E-state index contributed by atoms with van der Waals surface area (Å²) < 4.78 is 5.43. The van der Waals surface area contributed by atoms with Gasteiger partial charge in [-0.2, -0.15) is 0 Å². The van der Waals surface area contributed by atoms with Gasteiger partial charge < -0.3 is 15.4 Å². The minimum absolute atomic E-state index is 0. The van der Waals surface area contributed by atoms with Crippen molar-refractivity contribution >= 4 is 29.9 Å². The van der Waals surface area contributed by atoms with Gasteiger partial charge in [0.05, 0.1) is 12.5 Å². The lowest BCUT2D eigenvalue weighted by Crippen LogP contribution is -2.48. The molecule has 1 unspecified atom stereocenters. The zero-order chi connectivity index (χ0) is 17.6. The topological polar surface area (TPSA) is 50.4 Å². The molecule has 142 valence electrons. The van der Waals surface area contributed by atoms with E-state index in [1.54, 1.807) is 7.11 Å². The molecule has 1 heterocycles. The Kier molecular flexibility index (Phi) is 9.22. The summed E-state index contributed by atoms with van der Waals surface area (Å²) in [6.07, 6.45) is 2.04. The van der Waals surface area contributed by atoms with Gasteiger partial charge in [-0.15, -0.1) is 12.4 Å². The van der Waals surface area contributed by atoms with Crippen LogP contribution < -0.4 is 10.6 Å². The van der Waals surface area contributed by atoms with Crippen LogP contribution in [0.25, 0.3) is 0 Å². The van der Waals surface area contributed by atoms with Crippen molar-refractivity contribution in [3.63, 3.8) is 0 Å². The smallest absolute Gasteiger partial charge is 0.227 e. The molecule has 4 nitrogen and oxygen atoms in total. The fourth-order valence-electron chi connectivity index (χ4n) is 3.56. The van der Waals surface area contributed by atoms with Crippen LogP contribution in [0.15, 0.2) is 24.3 Å². The molecule has 1 aliphatic heterocycles. The third-order valence-corrected chi connectivity index (χ3v) is 5.14. The molecule has 0 spiro atoms. The number of carbonyl (C=O) groups excluding carboxylic acids is 1. The van der Waals surface area contributed by atoms with Gasteiger partial charge in [-0.3, -0.25) is 4.79 Å². The molecule has 1 aliphatic rings. The zero-order valence-corrected chi connectivity index (χ0v) is 16.9. The highest BCUT2D eigenvalue weighted by Crippen LogP contribution is 2.30. The monoisotopic (exact) mass is 388 g/mol. The lowest BCUT2D eigenvalue weighted by Gasteiger charge is -2.37. The Morgan fingerprint density at radius 1 is 1.36 bits per heavy atom. The molecular weight excluding hydrogens is 359 g/mol. The van der Waals surface area contributed by atoms with Crippen LogP contribution in [0.3, 0.4) is 0 Å². The van der Waals surface area contributed by atoms with Crippen molar-refractivity contribution in [2.24, 2.45) is 11.3 Å². The fourth-order valence-corrected chi connectivity index (χ4v) is 3.76. The molecule has 0 radical (unpaired) electrons. The number of methoxy groups -OCH3 is 1. The number of piperidine rings is 1. The molecule has 0 saturated carbocycles. The van der Waals surface area contributed by atoms with Crippen LogP contribution in [-0.2, 0) is 9.53 Å². The van der Waals surface area contributed by atoms with Crippen LogP contribution in [0.2, 0.25) is 5.02 Å². The number of rotatable bonds is 7. The van der Waals surface area contributed by atoms with E-state index in [0.29, 0.717) is 18.2 Å². The van der Waals surface area contributed by atoms with E-state index in [4.69, 9.17) is 16.3 Å². The molecular formula is C19H30Cl2N2O2. The molecule has 25 heavy (non-hydrogen) atoms. The average Bonchev–Trinajstić information content (AvgIpc) is 2.54. The number of carbonyl (C=O) groups is 1. The third kappa shape index (κ3) is 6.14. The van der Waals surface area contributed by atoms with E-state index < -0.39 is 0 Å². The van der Waals surface area contributed by atoms with Gasteiger partial charge in [-0.05, 0) is 49.5 Å². The summed E-state index contributed by atoms with van der Waals surface area (Å²) in [6, 6.07) is 7.61. The first-order valence-electron chi connectivity index (χ1n) is 8.70. The minimum atomic E-state index is -0.190. The van der Waals surface area contributed by atoms with Crippen molar-refractivity contribution in [2.45, 2.75) is 32.6 Å². The van der Waals surface area contributed by atoms with Crippen molar-refractivity contribution in [3.8, 4) is 0 Å². The number of ether oxygens (including phenoxy) is 1. The minimum Gasteiger partial charge on any atom is -0.384 e. The standard InChI is InChI=1S/C19H29ClN2O2.ClH/c1-14(2)17(15-5-4-6-16(20)11-15)18(23)22-12-19(13-24-3)7-9-21-10-8-19;/h4-6,11,14,17,21H,7-10,12-13H2,1-3H3,(H,22,23);1H. The lowest BCUT2D eigenvalue weighted by atomic mass is 9.79. The Hall–Kier alpha value is -0.810. The highest BCUT2D eigenvalue weighted by atomic mass is 35.5. The van der Waals surface area contributed by atoms with Gasteiger partial charge in [0, 0.05) is 24.1 Å². The summed E-state index contributed by atoms with van der Waals surface area (Å²) in [6.45, 7) is 7.42. The molecule has 0 aliphatic carbocycles. The second-order valence-electron chi connectivity index (χ2n) is 7.18. The Bertz CT molecular complexity index is 540. The number of nitrogens with one attached hydrogen (secondary N) is 2.